The lowest BCUT2D eigenvalue weighted by Gasteiger charge is -2.39. The Bertz CT molecular complexity index is 1570. The zero-order valence-electron chi connectivity index (χ0n) is 18.1. The molecule has 2 nitrogen and oxygen atoms in total. The minimum atomic E-state index is 0.240. The van der Waals surface area contributed by atoms with E-state index in [0.29, 0.717) is 0 Å². The predicted octanol–water partition coefficient (Wildman–Crippen LogP) is 6.54. The Morgan fingerprint density at radius 1 is 0.515 bits per heavy atom. The van der Waals surface area contributed by atoms with Gasteiger partial charge in [-0.25, -0.2) is 0 Å². The van der Waals surface area contributed by atoms with E-state index in [9.17, 15) is 0 Å². The first kappa shape index (κ1) is 18.4. The van der Waals surface area contributed by atoms with E-state index in [1.807, 2.05) is 0 Å². The SMILES string of the molecule is c1ccc(-c2cccc(C3c4ccccc4[NH+]3n3c4ccccc4c4ccccc43)c2)cc1. The van der Waals surface area contributed by atoms with Crippen LogP contribution in [-0.4, -0.2) is 4.68 Å². The Morgan fingerprint density at radius 2 is 1.12 bits per heavy atom. The van der Waals surface area contributed by atoms with E-state index in [1.54, 1.807) is 0 Å². The van der Waals surface area contributed by atoms with Crippen molar-refractivity contribution in [1.82, 2.24) is 4.68 Å². The summed E-state index contributed by atoms with van der Waals surface area (Å²) >= 11 is 0. The van der Waals surface area contributed by atoms with Crippen molar-refractivity contribution in [3.05, 3.63) is 139 Å². The number of nitrogens with one attached hydrogen (secondary N) is 1. The van der Waals surface area contributed by atoms with Gasteiger partial charge >= 0.3 is 0 Å². The zero-order chi connectivity index (χ0) is 21.8. The summed E-state index contributed by atoms with van der Waals surface area (Å²) in [5, 5.41) is 3.98. The van der Waals surface area contributed by atoms with Gasteiger partial charge < -0.3 is 0 Å². The van der Waals surface area contributed by atoms with Gasteiger partial charge in [-0.3, -0.25) is 0 Å². The molecule has 0 spiro atoms. The van der Waals surface area contributed by atoms with E-state index < -0.39 is 0 Å². The fourth-order valence-corrected chi connectivity index (χ4v) is 5.50. The molecule has 7 rings (SSSR count). The van der Waals surface area contributed by atoms with Crippen LogP contribution in [0.15, 0.2) is 127 Å². The molecule has 2 atom stereocenters. The van der Waals surface area contributed by atoms with Crippen LogP contribution in [0.25, 0.3) is 32.9 Å². The average Bonchev–Trinajstić information content (AvgIpc) is 3.20. The molecule has 1 N–H and O–H groups in total. The van der Waals surface area contributed by atoms with Crippen molar-refractivity contribution in [2.45, 2.75) is 6.04 Å². The molecule has 1 aromatic heterocycles. The van der Waals surface area contributed by atoms with Gasteiger partial charge in [-0.15, -0.1) is 0 Å². The number of rotatable bonds is 3. The predicted molar refractivity (Wildman–Crippen MR) is 136 cm³/mol. The minimum absolute atomic E-state index is 0.240. The largest absolute Gasteiger partial charge is 0.187 e. The van der Waals surface area contributed by atoms with Crippen molar-refractivity contribution in [2.24, 2.45) is 0 Å². The monoisotopic (exact) mass is 423 g/mol. The van der Waals surface area contributed by atoms with E-state index in [-0.39, 0.29) is 6.04 Å². The minimum Gasteiger partial charge on any atom is -0.187 e. The molecule has 1 aliphatic rings. The Morgan fingerprint density at radius 3 is 1.88 bits per heavy atom. The van der Waals surface area contributed by atoms with Crippen LogP contribution in [0.1, 0.15) is 17.2 Å². The van der Waals surface area contributed by atoms with Gasteiger partial charge in [0.25, 0.3) is 0 Å². The summed E-state index contributed by atoms with van der Waals surface area (Å²) in [6.45, 7) is 0. The molecule has 2 heterocycles. The highest BCUT2D eigenvalue weighted by atomic mass is 15.6. The molecule has 0 fully saturated rings. The molecular weight excluding hydrogens is 400 g/mol. The van der Waals surface area contributed by atoms with Crippen molar-refractivity contribution >= 4 is 27.5 Å². The maximum atomic E-state index is 2.49. The van der Waals surface area contributed by atoms with E-state index in [1.165, 1.54) is 54.8 Å². The van der Waals surface area contributed by atoms with Crippen molar-refractivity contribution in [3.8, 4) is 11.1 Å². The molecule has 0 saturated carbocycles. The van der Waals surface area contributed by atoms with Gasteiger partial charge in [-0.1, -0.05) is 97.1 Å². The Hall–Kier alpha value is -4.14. The normalized spacial score (nSPS) is 17.1. The first-order valence-corrected chi connectivity index (χ1v) is 11.5. The van der Waals surface area contributed by atoms with E-state index in [4.69, 9.17) is 0 Å². The van der Waals surface area contributed by atoms with Crippen molar-refractivity contribution in [1.29, 1.82) is 0 Å². The average molecular weight is 424 g/mol. The summed E-state index contributed by atoms with van der Waals surface area (Å²) in [5.74, 6) is 0. The summed E-state index contributed by atoms with van der Waals surface area (Å²) < 4.78 is 2.49. The maximum Gasteiger partial charge on any atom is 0.172 e. The van der Waals surface area contributed by atoms with E-state index in [0.717, 1.165) is 0 Å². The van der Waals surface area contributed by atoms with Gasteiger partial charge in [-0.05, 0) is 35.4 Å². The van der Waals surface area contributed by atoms with E-state index in [2.05, 4.69) is 132 Å². The van der Waals surface area contributed by atoms with Gasteiger partial charge in [0.2, 0.25) is 0 Å². The number of hydrogen-bond acceptors (Lipinski definition) is 0. The lowest BCUT2D eigenvalue weighted by Crippen LogP contribution is -3.14. The van der Waals surface area contributed by atoms with Crippen LogP contribution < -0.4 is 5.01 Å². The standard InChI is InChI=1S/C31H22N2/c1-2-11-22(12-3-1)23-13-10-14-24(21-23)31-27-17-6-9-20-30(27)33(31)32-28-18-7-4-15-25(28)26-16-5-8-19-29(26)32/h1-21,31H/p+1. The highest BCUT2D eigenvalue weighted by Gasteiger charge is 2.44. The van der Waals surface area contributed by atoms with Gasteiger partial charge in [0.1, 0.15) is 11.0 Å². The molecule has 0 aliphatic carbocycles. The first-order valence-electron chi connectivity index (χ1n) is 11.5. The zero-order valence-corrected chi connectivity index (χ0v) is 18.1. The quantitative estimate of drug-likeness (QED) is 0.331. The van der Waals surface area contributed by atoms with Crippen LogP contribution >= 0.6 is 0 Å². The summed E-state index contributed by atoms with van der Waals surface area (Å²) in [6, 6.07) is 46.4. The number of nitrogens with zero attached hydrogens (tertiary/aromatic N) is 1. The number of hydrogen-bond donors (Lipinski definition) is 1. The summed E-state index contributed by atoms with van der Waals surface area (Å²) in [7, 11) is 0. The summed E-state index contributed by atoms with van der Waals surface area (Å²) in [6.07, 6.45) is 0. The Kier molecular flexibility index (Phi) is 4.02. The molecule has 0 radical (unpaired) electrons. The fourth-order valence-electron chi connectivity index (χ4n) is 5.50. The van der Waals surface area contributed by atoms with Crippen LogP contribution in [0, 0.1) is 0 Å². The molecule has 0 saturated heterocycles. The number of quaternary nitrogens is 1. The second-order valence-electron chi connectivity index (χ2n) is 8.77. The smallest absolute Gasteiger partial charge is 0.172 e. The number of fused-ring (bicyclic) bond motifs is 4. The van der Waals surface area contributed by atoms with E-state index >= 15 is 0 Å². The van der Waals surface area contributed by atoms with Crippen LogP contribution in [0.2, 0.25) is 0 Å². The molecule has 0 amide bonds. The lowest BCUT2D eigenvalue weighted by molar-refractivity contribution is -0.922. The molecular formula is C31H23N2+. The molecule has 6 aromatic rings. The third kappa shape index (κ3) is 2.71. The topological polar surface area (TPSA) is 9.37 Å². The van der Waals surface area contributed by atoms with Crippen LogP contribution in [-0.2, 0) is 0 Å². The highest BCUT2D eigenvalue weighted by Crippen LogP contribution is 2.37. The fraction of sp³-hybridized carbons (Fsp3) is 0.0323. The molecule has 33 heavy (non-hydrogen) atoms. The van der Waals surface area contributed by atoms with Gasteiger partial charge in [0.05, 0.1) is 5.56 Å². The Balaban J connectivity index is 1.46. The number of para-hydroxylation sites is 3. The van der Waals surface area contributed by atoms with Crippen LogP contribution in [0.3, 0.4) is 0 Å². The molecule has 2 unspecified atom stereocenters. The summed E-state index contributed by atoms with van der Waals surface area (Å²) in [5.41, 5.74) is 9.15. The molecule has 0 bridgehead atoms. The van der Waals surface area contributed by atoms with Crippen molar-refractivity contribution in [2.75, 3.05) is 0 Å². The molecule has 1 aliphatic heterocycles. The van der Waals surface area contributed by atoms with Crippen LogP contribution in [0.4, 0.5) is 5.69 Å². The Labute approximate surface area is 192 Å². The number of benzene rings is 5. The van der Waals surface area contributed by atoms with Gasteiger partial charge in [-0.2, -0.15) is 9.69 Å². The highest BCUT2D eigenvalue weighted by molar-refractivity contribution is 6.07. The van der Waals surface area contributed by atoms with Crippen molar-refractivity contribution < 1.29 is 5.01 Å². The lowest BCUT2D eigenvalue weighted by atomic mass is 9.88. The van der Waals surface area contributed by atoms with Crippen LogP contribution in [0.5, 0.6) is 0 Å². The maximum absolute atomic E-state index is 2.49. The molecule has 5 aromatic carbocycles. The van der Waals surface area contributed by atoms with Gasteiger partial charge in [0, 0.05) is 22.4 Å². The first-order chi connectivity index (χ1) is 16.4. The number of aromatic nitrogens is 1. The van der Waals surface area contributed by atoms with Crippen molar-refractivity contribution in [3.63, 3.8) is 0 Å². The third-order valence-corrected chi connectivity index (χ3v) is 6.97. The summed E-state index contributed by atoms with van der Waals surface area (Å²) in [4.78, 5) is 0. The molecule has 156 valence electrons. The second kappa shape index (κ2) is 7.19. The third-order valence-electron chi connectivity index (χ3n) is 6.97. The second-order valence-corrected chi connectivity index (χ2v) is 8.77. The van der Waals surface area contributed by atoms with Gasteiger partial charge in [0.15, 0.2) is 11.7 Å². The molecule has 2 heteroatoms.